The van der Waals surface area contributed by atoms with E-state index in [1.165, 1.54) is 4.90 Å². The summed E-state index contributed by atoms with van der Waals surface area (Å²) in [5.74, 6) is -1.02. The number of carbonyl (C=O) groups is 2. The van der Waals surface area contributed by atoms with Crippen molar-refractivity contribution in [1.29, 1.82) is 0 Å². The van der Waals surface area contributed by atoms with Crippen LogP contribution in [0.2, 0.25) is 5.02 Å². The molecule has 0 heterocycles. The third-order valence-electron chi connectivity index (χ3n) is 2.80. The molecule has 2 N–H and O–H groups in total. The fraction of sp³-hybridized carbons (Fsp3) is 0.429. The predicted molar refractivity (Wildman–Crippen MR) is 77.9 cm³/mol. The molecule has 0 aromatic heterocycles. The molecule has 0 aliphatic carbocycles. The van der Waals surface area contributed by atoms with E-state index in [-0.39, 0.29) is 18.6 Å². The average Bonchev–Trinajstić information content (AvgIpc) is 2.37. The SMILES string of the molecule is CCCN(CC(=O)O)C(=O)NC(C)c1cccc(Cl)c1. The van der Waals surface area contributed by atoms with Crippen LogP contribution in [0.3, 0.4) is 0 Å². The Hall–Kier alpha value is -1.75. The second kappa shape index (κ2) is 7.75. The highest BCUT2D eigenvalue weighted by Gasteiger charge is 2.18. The number of aliphatic carboxylic acids is 1. The van der Waals surface area contributed by atoms with E-state index in [0.717, 1.165) is 5.56 Å². The molecule has 6 heteroatoms. The second-order valence-electron chi connectivity index (χ2n) is 4.54. The van der Waals surface area contributed by atoms with Gasteiger partial charge < -0.3 is 15.3 Å². The zero-order valence-corrected chi connectivity index (χ0v) is 12.4. The smallest absolute Gasteiger partial charge is 0.323 e. The van der Waals surface area contributed by atoms with Crippen molar-refractivity contribution < 1.29 is 14.7 Å². The van der Waals surface area contributed by atoms with Gasteiger partial charge in [0.15, 0.2) is 0 Å². The molecule has 1 atom stereocenters. The van der Waals surface area contributed by atoms with Crippen molar-refractivity contribution in [2.75, 3.05) is 13.1 Å². The zero-order valence-electron chi connectivity index (χ0n) is 11.6. The average molecular weight is 299 g/mol. The number of halogens is 1. The van der Waals surface area contributed by atoms with Crippen molar-refractivity contribution >= 4 is 23.6 Å². The fourth-order valence-corrected chi connectivity index (χ4v) is 2.02. The standard InChI is InChI=1S/C14H19ClN2O3/c1-3-7-17(9-13(18)19)14(20)16-10(2)11-5-4-6-12(15)8-11/h4-6,8,10H,3,7,9H2,1-2H3,(H,16,20)(H,18,19). The first-order valence-corrected chi connectivity index (χ1v) is 6.84. The first-order chi connectivity index (χ1) is 9.43. The van der Waals surface area contributed by atoms with Gasteiger partial charge in [-0.1, -0.05) is 30.7 Å². The van der Waals surface area contributed by atoms with Crippen LogP contribution in [0.15, 0.2) is 24.3 Å². The number of carboxylic acids is 1. The first-order valence-electron chi connectivity index (χ1n) is 6.46. The van der Waals surface area contributed by atoms with Crippen LogP contribution in [-0.4, -0.2) is 35.1 Å². The quantitative estimate of drug-likeness (QED) is 0.848. The first kappa shape index (κ1) is 16.3. The minimum Gasteiger partial charge on any atom is -0.480 e. The number of rotatable bonds is 6. The Balaban J connectivity index is 2.69. The molecule has 0 aliphatic heterocycles. The van der Waals surface area contributed by atoms with Crippen molar-refractivity contribution in [3.8, 4) is 0 Å². The summed E-state index contributed by atoms with van der Waals surface area (Å²) >= 11 is 5.91. The lowest BCUT2D eigenvalue weighted by Crippen LogP contribution is -2.43. The number of nitrogens with one attached hydrogen (secondary N) is 1. The number of carbonyl (C=O) groups excluding carboxylic acids is 1. The molecular weight excluding hydrogens is 280 g/mol. The van der Waals surface area contributed by atoms with Gasteiger partial charge in [0.25, 0.3) is 0 Å². The molecule has 1 aromatic rings. The summed E-state index contributed by atoms with van der Waals surface area (Å²) in [5.41, 5.74) is 0.873. The molecule has 0 radical (unpaired) electrons. The zero-order chi connectivity index (χ0) is 15.1. The van der Waals surface area contributed by atoms with Gasteiger partial charge in [0, 0.05) is 11.6 Å². The Bertz CT molecular complexity index is 479. The van der Waals surface area contributed by atoms with Crippen LogP contribution >= 0.6 is 11.6 Å². The number of nitrogens with zero attached hydrogens (tertiary/aromatic N) is 1. The van der Waals surface area contributed by atoms with Crippen LogP contribution in [0.1, 0.15) is 31.9 Å². The maximum Gasteiger partial charge on any atom is 0.323 e. The van der Waals surface area contributed by atoms with Crippen molar-refractivity contribution in [2.45, 2.75) is 26.3 Å². The summed E-state index contributed by atoms with van der Waals surface area (Å²) in [6.45, 7) is 3.82. The number of benzene rings is 1. The van der Waals surface area contributed by atoms with Crippen molar-refractivity contribution in [1.82, 2.24) is 10.2 Å². The number of carboxylic acid groups (broad SMARTS) is 1. The van der Waals surface area contributed by atoms with E-state index in [9.17, 15) is 9.59 Å². The van der Waals surface area contributed by atoms with Gasteiger partial charge in [-0.05, 0) is 31.0 Å². The lowest BCUT2D eigenvalue weighted by molar-refractivity contribution is -0.137. The topological polar surface area (TPSA) is 69.6 Å². The Morgan fingerprint density at radius 3 is 2.70 bits per heavy atom. The summed E-state index contributed by atoms with van der Waals surface area (Å²) in [5, 5.41) is 12.2. The molecule has 0 spiro atoms. The Morgan fingerprint density at radius 1 is 1.45 bits per heavy atom. The van der Waals surface area contributed by atoms with Crippen LogP contribution in [0.25, 0.3) is 0 Å². The van der Waals surface area contributed by atoms with Crippen LogP contribution in [0.5, 0.6) is 0 Å². The van der Waals surface area contributed by atoms with Crippen LogP contribution in [-0.2, 0) is 4.79 Å². The molecule has 1 aromatic carbocycles. The van der Waals surface area contributed by atoms with Gasteiger partial charge in [0.1, 0.15) is 6.54 Å². The monoisotopic (exact) mass is 298 g/mol. The van der Waals surface area contributed by atoms with Gasteiger partial charge in [-0.3, -0.25) is 4.79 Å². The van der Waals surface area contributed by atoms with E-state index in [0.29, 0.717) is 18.0 Å². The van der Waals surface area contributed by atoms with E-state index < -0.39 is 5.97 Å². The van der Waals surface area contributed by atoms with E-state index in [4.69, 9.17) is 16.7 Å². The van der Waals surface area contributed by atoms with E-state index in [2.05, 4.69) is 5.32 Å². The van der Waals surface area contributed by atoms with E-state index in [1.54, 1.807) is 18.2 Å². The molecule has 0 bridgehead atoms. The van der Waals surface area contributed by atoms with Crippen molar-refractivity contribution in [2.24, 2.45) is 0 Å². The summed E-state index contributed by atoms with van der Waals surface area (Å²) in [7, 11) is 0. The molecule has 1 unspecified atom stereocenters. The molecule has 1 rings (SSSR count). The molecule has 0 fully saturated rings. The van der Waals surface area contributed by atoms with E-state index in [1.807, 2.05) is 19.9 Å². The molecule has 20 heavy (non-hydrogen) atoms. The number of amides is 2. The predicted octanol–water partition coefficient (Wildman–Crippen LogP) is 2.91. The Labute approximate surface area is 123 Å². The van der Waals surface area contributed by atoms with Crippen molar-refractivity contribution in [3.05, 3.63) is 34.9 Å². The van der Waals surface area contributed by atoms with Gasteiger partial charge in [-0.15, -0.1) is 0 Å². The lowest BCUT2D eigenvalue weighted by Gasteiger charge is -2.23. The lowest BCUT2D eigenvalue weighted by atomic mass is 10.1. The number of urea groups is 1. The summed E-state index contributed by atoms with van der Waals surface area (Å²) in [6, 6.07) is 6.57. The van der Waals surface area contributed by atoms with Gasteiger partial charge in [0.2, 0.25) is 0 Å². The van der Waals surface area contributed by atoms with Crippen molar-refractivity contribution in [3.63, 3.8) is 0 Å². The second-order valence-corrected chi connectivity index (χ2v) is 4.98. The van der Waals surface area contributed by atoms with Crippen LogP contribution < -0.4 is 5.32 Å². The number of hydrogen-bond acceptors (Lipinski definition) is 2. The fourth-order valence-electron chi connectivity index (χ4n) is 1.82. The summed E-state index contributed by atoms with van der Waals surface area (Å²) in [6.07, 6.45) is 0.701. The summed E-state index contributed by atoms with van der Waals surface area (Å²) < 4.78 is 0. The third kappa shape index (κ3) is 5.09. The van der Waals surface area contributed by atoms with Gasteiger partial charge >= 0.3 is 12.0 Å². The maximum absolute atomic E-state index is 12.1. The molecular formula is C14H19ClN2O3. The molecule has 0 saturated carbocycles. The molecule has 2 amide bonds. The van der Waals surface area contributed by atoms with Crippen LogP contribution in [0.4, 0.5) is 4.79 Å². The van der Waals surface area contributed by atoms with E-state index >= 15 is 0 Å². The normalized spacial score (nSPS) is 11.8. The highest BCUT2D eigenvalue weighted by molar-refractivity contribution is 6.30. The molecule has 110 valence electrons. The minimum absolute atomic E-state index is 0.241. The summed E-state index contributed by atoms with van der Waals surface area (Å²) in [4.78, 5) is 24.1. The van der Waals surface area contributed by atoms with Gasteiger partial charge in [0.05, 0.1) is 6.04 Å². The molecule has 5 nitrogen and oxygen atoms in total. The highest BCUT2D eigenvalue weighted by Crippen LogP contribution is 2.17. The largest absolute Gasteiger partial charge is 0.480 e. The van der Waals surface area contributed by atoms with Gasteiger partial charge in [-0.25, -0.2) is 4.79 Å². The third-order valence-corrected chi connectivity index (χ3v) is 3.03. The van der Waals surface area contributed by atoms with Crippen LogP contribution in [0, 0.1) is 0 Å². The maximum atomic E-state index is 12.1. The van der Waals surface area contributed by atoms with Gasteiger partial charge in [-0.2, -0.15) is 0 Å². The number of hydrogen-bond donors (Lipinski definition) is 2. The molecule has 0 saturated heterocycles. The Morgan fingerprint density at radius 2 is 2.15 bits per heavy atom. The highest BCUT2D eigenvalue weighted by atomic mass is 35.5. The minimum atomic E-state index is -1.02. The molecule has 0 aliphatic rings. The Kier molecular flexibility index (Phi) is 6.31.